The minimum Gasteiger partial charge on any atom is -0.375 e. The molecule has 0 aliphatic carbocycles. The molecule has 2 N–H and O–H groups in total. The van der Waals surface area contributed by atoms with Gasteiger partial charge in [0.05, 0.1) is 18.4 Å². The molecule has 22 heavy (non-hydrogen) atoms. The lowest BCUT2D eigenvalue weighted by Gasteiger charge is -2.32. The highest BCUT2D eigenvalue weighted by atomic mass is 16.5. The Balaban J connectivity index is 1.71. The van der Waals surface area contributed by atoms with Crippen LogP contribution in [-0.2, 0) is 16.1 Å². The molecule has 6 heteroatoms. The van der Waals surface area contributed by atoms with Gasteiger partial charge in [-0.2, -0.15) is 5.10 Å². The van der Waals surface area contributed by atoms with Crippen molar-refractivity contribution in [1.29, 1.82) is 0 Å². The van der Waals surface area contributed by atoms with Crippen molar-refractivity contribution >= 4 is 5.91 Å². The van der Waals surface area contributed by atoms with Crippen molar-refractivity contribution < 1.29 is 9.53 Å². The Morgan fingerprint density at radius 2 is 2.41 bits per heavy atom. The molecule has 1 aliphatic rings. The van der Waals surface area contributed by atoms with Crippen molar-refractivity contribution in [2.24, 2.45) is 0 Å². The summed E-state index contributed by atoms with van der Waals surface area (Å²) in [7, 11) is 0. The fraction of sp³-hybridized carbons (Fsp3) is 0.625. The summed E-state index contributed by atoms with van der Waals surface area (Å²) in [4.78, 5) is 13.9. The number of aromatic amines is 1. The number of hydrogen-bond donors (Lipinski definition) is 2. The molecular formula is C16H26N4O2. The third kappa shape index (κ3) is 5.61. The van der Waals surface area contributed by atoms with E-state index in [0.717, 1.165) is 49.6 Å². The Kier molecular flexibility index (Phi) is 6.15. The van der Waals surface area contributed by atoms with Crippen molar-refractivity contribution in [2.45, 2.75) is 39.8 Å². The summed E-state index contributed by atoms with van der Waals surface area (Å²) >= 11 is 0. The predicted octanol–water partition coefficient (Wildman–Crippen LogP) is 1.39. The van der Waals surface area contributed by atoms with E-state index in [4.69, 9.17) is 4.74 Å². The number of allylic oxidation sites excluding steroid dienone is 1. The lowest BCUT2D eigenvalue weighted by atomic mass is 10.2. The van der Waals surface area contributed by atoms with Gasteiger partial charge >= 0.3 is 0 Å². The van der Waals surface area contributed by atoms with Crippen LogP contribution in [0.15, 0.2) is 17.7 Å². The van der Waals surface area contributed by atoms with E-state index in [9.17, 15) is 4.79 Å². The maximum Gasteiger partial charge on any atom is 0.243 e. The number of aryl methyl sites for hydroxylation is 1. The average molecular weight is 306 g/mol. The van der Waals surface area contributed by atoms with Crippen LogP contribution in [0.2, 0.25) is 0 Å². The number of ether oxygens (including phenoxy) is 1. The van der Waals surface area contributed by atoms with Crippen molar-refractivity contribution in [3.8, 4) is 0 Å². The highest BCUT2D eigenvalue weighted by molar-refractivity contribution is 5.87. The number of nitrogens with one attached hydrogen (secondary N) is 2. The number of rotatable bonds is 6. The van der Waals surface area contributed by atoms with Gasteiger partial charge in [-0.3, -0.25) is 14.8 Å². The average Bonchev–Trinajstić information content (AvgIpc) is 2.83. The second kappa shape index (κ2) is 8.10. The number of H-pyrrole nitrogens is 1. The molecule has 0 saturated carbocycles. The van der Waals surface area contributed by atoms with Gasteiger partial charge in [0.1, 0.15) is 0 Å². The number of morpholine rings is 1. The van der Waals surface area contributed by atoms with Crippen LogP contribution in [0.3, 0.4) is 0 Å². The Morgan fingerprint density at radius 3 is 3.09 bits per heavy atom. The molecule has 2 heterocycles. The Labute approximate surface area is 131 Å². The third-order valence-corrected chi connectivity index (χ3v) is 3.55. The molecular weight excluding hydrogens is 280 g/mol. The molecule has 122 valence electrons. The molecule has 6 nitrogen and oxygen atoms in total. The fourth-order valence-electron chi connectivity index (χ4n) is 2.55. The van der Waals surface area contributed by atoms with Crippen LogP contribution in [0.5, 0.6) is 0 Å². The van der Waals surface area contributed by atoms with E-state index in [1.165, 1.54) is 0 Å². The molecule has 1 amide bonds. The van der Waals surface area contributed by atoms with Crippen molar-refractivity contribution in [3.63, 3.8) is 0 Å². The maximum atomic E-state index is 11.6. The van der Waals surface area contributed by atoms with Gasteiger partial charge in [-0.15, -0.1) is 0 Å². The van der Waals surface area contributed by atoms with Crippen LogP contribution in [-0.4, -0.2) is 53.3 Å². The van der Waals surface area contributed by atoms with Crippen LogP contribution in [0.1, 0.15) is 31.7 Å². The highest BCUT2D eigenvalue weighted by Crippen LogP contribution is 2.11. The summed E-state index contributed by atoms with van der Waals surface area (Å²) in [6.07, 6.45) is 2.62. The molecule has 1 fully saturated rings. The zero-order valence-electron chi connectivity index (χ0n) is 13.7. The second-order valence-electron chi connectivity index (χ2n) is 6.07. The van der Waals surface area contributed by atoms with E-state index in [-0.39, 0.29) is 12.0 Å². The van der Waals surface area contributed by atoms with Gasteiger partial charge in [-0.1, -0.05) is 5.57 Å². The molecule has 0 spiro atoms. The topological polar surface area (TPSA) is 70.2 Å². The SMILES string of the molecule is CC(C)=CC(=O)NCC[C@@H]1CN(Cc2cc(C)[nH]n2)CCO1. The van der Waals surface area contributed by atoms with Gasteiger partial charge in [-0.25, -0.2) is 0 Å². The van der Waals surface area contributed by atoms with Gasteiger partial charge in [0.2, 0.25) is 5.91 Å². The van der Waals surface area contributed by atoms with Gasteiger partial charge < -0.3 is 10.1 Å². The van der Waals surface area contributed by atoms with Crippen LogP contribution < -0.4 is 5.32 Å². The summed E-state index contributed by atoms with van der Waals surface area (Å²) in [6, 6.07) is 2.07. The van der Waals surface area contributed by atoms with E-state index in [1.807, 2.05) is 20.8 Å². The molecule has 1 atom stereocenters. The largest absolute Gasteiger partial charge is 0.375 e. The van der Waals surface area contributed by atoms with Crippen molar-refractivity contribution in [3.05, 3.63) is 29.1 Å². The fourth-order valence-corrected chi connectivity index (χ4v) is 2.55. The summed E-state index contributed by atoms with van der Waals surface area (Å²) in [5.41, 5.74) is 3.16. The maximum absolute atomic E-state index is 11.6. The number of aromatic nitrogens is 2. The Bertz CT molecular complexity index is 520. The summed E-state index contributed by atoms with van der Waals surface area (Å²) in [5.74, 6) is -0.0281. The van der Waals surface area contributed by atoms with E-state index in [2.05, 4.69) is 26.5 Å². The molecule has 1 aromatic heterocycles. The number of carbonyl (C=O) groups excluding carboxylic acids is 1. The first kappa shape index (κ1) is 16.7. The zero-order chi connectivity index (χ0) is 15.9. The summed E-state index contributed by atoms with van der Waals surface area (Å²) < 4.78 is 5.78. The van der Waals surface area contributed by atoms with Crippen LogP contribution >= 0.6 is 0 Å². The monoisotopic (exact) mass is 306 g/mol. The highest BCUT2D eigenvalue weighted by Gasteiger charge is 2.20. The standard InChI is InChI=1S/C16H26N4O2/c1-12(2)8-16(21)17-5-4-15-11-20(6-7-22-15)10-14-9-13(3)18-19-14/h8-9,15H,4-7,10-11H2,1-3H3,(H,17,21)(H,18,19)/t15-/m1/s1. The lowest BCUT2D eigenvalue weighted by molar-refractivity contribution is -0.116. The lowest BCUT2D eigenvalue weighted by Crippen LogP contribution is -2.43. The Hall–Kier alpha value is -1.66. The molecule has 1 aliphatic heterocycles. The van der Waals surface area contributed by atoms with Crippen LogP contribution in [0.25, 0.3) is 0 Å². The van der Waals surface area contributed by atoms with Gasteiger partial charge in [0, 0.05) is 37.9 Å². The van der Waals surface area contributed by atoms with Crippen LogP contribution in [0.4, 0.5) is 0 Å². The quantitative estimate of drug-likeness (QED) is 0.779. The summed E-state index contributed by atoms with van der Waals surface area (Å²) in [6.45, 7) is 9.86. The number of amides is 1. The van der Waals surface area contributed by atoms with E-state index < -0.39 is 0 Å². The molecule has 0 unspecified atom stereocenters. The van der Waals surface area contributed by atoms with Crippen molar-refractivity contribution in [1.82, 2.24) is 20.4 Å². The van der Waals surface area contributed by atoms with Gasteiger partial charge in [0.15, 0.2) is 0 Å². The van der Waals surface area contributed by atoms with Gasteiger partial charge in [0.25, 0.3) is 0 Å². The van der Waals surface area contributed by atoms with Gasteiger partial charge in [-0.05, 0) is 33.3 Å². The smallest absolute Gasteiger partial charge is 0.243 e. The molecule has 1 saturated heterocycles. The molecule has 1 aromatic rings. The molecule has 0 bridgehead atoms. The van der Waals surface area contributed by atoms with Crippen molar-refractivity contribution in [2.75, 3.05) is 26.2 Å². The number of hydrogen-bond acceptors (Lipinski definition) is 4. The minimum absolute atomic E-state index is 0.0281. The predicted molar refractivity (Wildman–Crippen MR) is 85.4 cm³/mol. The molecule has 0 aromatic carbocycles. The van der Waals surface area contributed by atoms with E-state index in [0.29, 0.717) is 6.54 Å². The number of nitrogens with zero attached hydrogens (tertiary/aromatic N) is 2. The normalized spacial score (nSPS) is 19.0. The molecule has 0 radical (unpaired) electrons. The molecule has 2 rings (SSSR count). The van der Waals surface area contributed by atoms with E-state index >= 15 is 0 Å². The number of carbonyl (C=O) groups is 1. The zero-order valence-corrected chi connectivity index (χ0v) is 13.7. The second-order valence-corrected chi connectivity index (χ2v) is 6.07. The summed E-state index contributed by atoms with van der Waals surface area (Å²) in [5, 5.41) is 10.1. The van der Waals surface area contributed by atoms with E-state index in [1.54, 1.807) is 6.08 Å². The first-order valence-corrected chi connectivity index (χ1v) is 7.80. The third-order valence-electron chi connectivity index (χ3n) is 3.55. The Morgan fingerprint density at radius 1 is 1.59 bits per heavy atom. The minimum atomic E-state index is -0.0281. The first-order chi connectivity index (χ1) is 10.5. The first-order valence-electron chi connectivity index (χ1n) is 7.80. The van der Waals surface area contributed by atoms with Crippen LogP contribution in [0, 0.1) is 6.92 Å².